The van der Waals surface area contributed by atoms with E-state index < -0.39 is 24.4 Å². The molecule has 0 aromatic heterocycles. The molecule has 0 atom stereocenters. The van der Waals surface area contributed by atoms with Crippen molar-refractivity contribution in [2.75, 3.05) is 30.4 Å². The van der Waals surface area contributed by atoms with Gasteiger partial charge in [0.05, 0.1) is 11.1 Å². The van der Waals surface area contributed by atoms with Crippen molar-refractivity contribution in [1.29, 1.82) is 0 Å². The van der Waals surface area contributed by atoms with Gasteiger partial charge in [0.15, 0.2) is 18.1 Å². The van der Waals surface area contributed by atoms with Gasteiger partial charge in [-0.1, -0.05) is 29.8 Å². The molecule has 3 aromatic rings. The highest BCUT2D eigenvalue weighted by Gasteiger charge is 2.35. The second kappa shape index (κ2) is 13.1. The Hall–Kier alpha value is -4.64. The van der Waals surface area contributed by atoms with Gasteiger partial charge in [-0.3, -0.25) is 14.4 Å². The van der Waals surface area contributed by atoms with Crippen LogP contribution >= 0.6 is 15.9 Å². The van der Waals surface area contributed by atoms with Crippen molar-refractivity contribution >= 4 is 57.1 Å². The van der Waals surface area contributed by atoms with Crippen LogP contribution in [0.5, 0.6) is 11.5 Å². The molecule has 0 spiro atoms. The number of nitrogens with one attached hydrogen (secondary N) is 3. The number of hydrogen-bond acceptors (Lipinski definition) is 6. The summed E-state index contributed by atoms with van der Waals surface area (Å²) in [5, 5.41) is 7.97. The minimum atomic E-state index is -0.704. The standard InChI is InChI=1S/C30H29BrN4O6/c1-4-40-25-15-20(13-23(31)28(25)41-17-27(37)32-21-10-8-18(2)9-11-21)14-24-29(38)35(30(39)34-24)16-26(36)33-22-7-5-6-19(3)12-22/h5-15H,4,16-17H2,1-3H3,(H,32,37)(H,33,36)(H,34,39)/b24-14+. The summed E-state index contributed by atoms with van der Waals surface area (Å²) >= 11 is 3.45. The fourth-order valence-corrected chi connectivity index (χ4v) is 4.57. The van der Waals surface area contributed by atoms with Crippen molar-refractivity contribution in [1.82, 2.24) is 10.2 Å². The van der Waals surface area contributed by atoms with Gasteiger partial charge in [-0.2, -0.15) is 0 Å². The molecule has 1 aliphatic heterocycles. The van der Waals surface area contributed by atoms with Crippen LogP contribution in [-0.4, -0.2) is 48.4 Å². The van der Waals surface area contributed by atoms with Crippen molar-refractivity contribution in [2.45, 2.75) is 20.8 Å². The first-order valence-electron chi connectivity index (χ1n) is 12.8. The lowest BCUT2D eigenvalue weighted by molar-refractivity contribution is -0.127. The summed E-state index contributed by atoms with van der Waals surface area (Å²) in [5.74, 6) is -0.848. The summed E-state index contributed by atoms with van der Waals surface area (Å²) in [6, 6.07) is 17.2. The molecule has 41 heavy (non-hydrogen) atoms. The summed E-state index contributed by atoms with van der Waals surface area (Å²) in [6.45, 7) is 5.26. The largest absolute Gasteiger partial charge is 0.490 e. The molecule has 1 heterocycles. The van der Waals surface area contributed by atoms with Crippen LogP contribution in [0.3, 0.4) is 0 Å². The number of hydrogen-bond donors (Lipinski definition) is 3. The zero-order valence-electron chi connectivity index (χ0n) is 22.7. The highest BCUT2D eigenvalue weighted by atomic mass is 79.9. The Labute approximate surface area is 245 Å². The average Bonchev–Trinajstić information content (AvgIpc) is 3.17. The summed E-state index contributed by atoms with van der Waals surface area (Å²) in [4.78, 5) is 51.2. The summed E-state index contributed by atoms with van der Waals surface area (Å²) in [6.07, 6.45) is 1.47. The van der Waals surface area contributed by atoms with E-state index in [-0.39, 0.29) is 18.2 Å². The molecule has 1 fully saturated rings. The molecule has 4 rings (SSSR count). The maximum absolute atomic E-state index is 13.0. The number of ether oxygens (including phenoxy) is 2. The number of rotatable bonds is 10. The van der Waals surface area contributed by atoms with E-state index >= 15 is 0 Å². The number of halogens is 1. The van der Waals surface area contributed by atoms with E-state index in [1.165, 1.54) is 6.08 Å². The normalized spacial score (nSPS) is 13.7. The molecule has 0 aliphatic carbocycles. The van der Waals surface area contributed by atoms with Crippen LogP contribution in [0.15, 0.2) is 70.8 Å². The van der Waals surface area contributed by atoms with Crippen LogP contribution < -0.4 is 25.4 Å². The molecule has 0 bridgehead atoms. The third-order valence-corrected chi connectivity index (χ3v) is 6.48. The predicted molar refractivity (Wildman–Crippen MR) is 159 cm³/mol. The number of aryl methyl sites for hydroxylation is 2. The number of anilines is 2. The van der Waals surface area contributed by atoms with Gasteiger partial charge in [-0.15, -0.1) is 0 Å². The van der Waals surface area contributed by atoms with E-state index in [1.807, 2.05) is 32.0 Å². The third-order valence-electron chi connectivity index (χ3n) is 5.89. The SMILES string of the molecule is CCOc1cc(/C=C2/NC(=O)N(CC(=O)Nc3cccc(C)c3)C2=O)cc(Br)c1OCC(=O)Nc1ccc(C)cc1. The summed E-state index contributed by atoms with van der Waals surface area (Å²) in [5.41, 5.74) is 3.78. The van der Waals surface area contributed by atoms with E-state index in [4.69, 9.17) is 9.47 Å². The quantitative estimate of drug-likeness (QED) is 0.216. The molecular formula is C30H29BrN4O6. The molecule has 1 aliphatic rings. The Bertz CT molecular complexity index is 1520. The van der Waals surface area contributed by atoms with Gasteiger partial charge >= 0.3 is 6.03 Å². The van der Waals surface area contributed by atoms with Crippen LogP contribution in [0.1, 0.15) is 23.6 Å². The van der Waals surface area contributed by atoms with E-state index in [2.05, 4.69) is 31.9 Å². The third kappa shape index (κ3) is 7.73. The second-order valence-electron chi connectivity index (χ2n) is 9.26. The molecule has 11 heteroatoms. The average molecular weight is 621 g/mol. The van der Waals surface area contributed by atoms with Crippen LogP contribution in [0, 0.1) is 13.8 Å². The Morgan fingerprint density at radius 2 is 1.66 bits per heavy atom. The molecule has 0 radical (unpaired) electrons. The number of urea groups is 1. The van der Waals surface area contributed by atoms with Crippen LogP contribution in [0.4, 0.5) is 16.2 Å². The first-order valence-corrected chi connectivity index (χ1v) is 13.6. The highest BCUT2D eigenvalue weighted by Crippen LogP contribution is 2.37. The van der Waals surface area contributed by atoms with Crippen LogP contribution in [-0.2, 0) is 14.4 Å². The number of amides is 5. The molecule has 10 nitrogen and oxygen atoms in total. The van der Waals surface area contributed by atoms with E-state index in [9.17, 15) is 19.2 Å². The van der Waals surface area contributed by atoms with E-state index in [0.29, 0.717) is 39.5 Å². The number of carbonyl (C=O) groups is 4. The Balaban J connectivity index is 1.44. The van der Waals surface area contributed by atoms with Gasteiger partial charge in [-0.05, 0) is 90.3 Å². The number of imide groups is 1. The first-order chi connectivity index (χ1) is 19.6. The topological polar surface area (TPSA) is 126 Å². The van der Waals surface area contributed by atoms with Crippen molar-refractivity contribution in [2.24, 2.45) is 0 Å². The molecule has 1 saturated heterocycles. The fourth-order valence-electron chi connectivity index (χ4n) is 3.99. The predicted octanol–water partition coefficient (Wildman–Crippen LogP) is 5.01. The maximum Gasteiger partial charge on any atom is 0.329 e. The fraction of sp³-hybridized carbons (Fsp3) is 0.200. The summed E-state index contributed by atoms with van der Waals surface area (Å²) < 4.78 is 12.0. The van der Waals surface area contributed by atoms with Crippen molar-refractivity contribution in [3.8, 4) is 11.5 Å². The zero-order chi connectivity index (χ0) is 29.5. The van der Waals surface area contributed by atoms with Crippen molar-refractivity contribution < 1.29 is 28.7 Å². The number of benzene rings is 3. The molecular weight excluding hydrogens is 592 g/mol. The lowest BCUT2D eigenvalue weighted by Crippen LogP contribution is -2.38. The minimum absolute atomic E-state index is 0.00107. The summed E-state index contributed by atoms with van der Waals surface area (Å²) in [7, 11) is 0. The van der Waals surface area contributed by atoms with Gasteiger partial charge < -0.3 is 25.4 Å². The molecule has 212 valence electrons. The first kappa shape index (κ1) is 29.3. The van der Waals surface area contributed by atoms with Gasteiger partial charge in [0.2, 0.25) is 5.91 Å². The Kier molecular flexibility index (Phi) is 9.41. The van der Waals surface area contributed by atoms with Gasteiger partial charge in [0, 0.05) is 11.4 Å². The molecule has 3 N–H and O–H groups in total. The maximum atomic E-state index is 13.0. The number of carbonyl (C=O) groups excluding carboxylic acids is 4. The van der Waals surface area contributed by atoms with Gasteiger partial charge in [0.25, 0.3) is 11.8 Å². The second-order valence-corrected chi connectivity index (χ2v) is 10.1. The van der Waals surface area contributed by atoms with E-state index in [0.717, 1.165) is 16.0 Å². The van der Waals surface area contributed by atoms with E-state index in [1.54, 1.807) is 49.4 Å². The lowest BCUT2D eigenvalue weighted by atomic mass is 10.1. The molecule has 0 unspecified atom stereocenters. The highest BCUT2D eigenvalue weighted by molar-refractivity contribution is 9.10. The van der Waals surface area contributed by atoms with Gasteiger partial charge in [-0.25, -0.2) is 9.69 Å². The monoisotopic (exact) mass is 620 g/mol. The van der Waals surface area contributed by atoms with Crippen molar-refractivity contribution in [3.63, 3.8) is 0 Å². The molecule has 3 aromatic carbocycles. The smallest absolute Gasteiger partial charge is 0.329 e. The lowest BCUT2D eigenvalue weighted by Gasteiger charge is -2.15. The zero-order valence-corrected chi connectivity index (χ0v) is 24.3. The van der Waals surface area contributed by atoms with Crippen LogP contribution in [0.25, 0.3) is 6.08 Å². The molecule has 5 amide bonds. The molecule has 0 saturated carbocycles. The number of nitrogens with zero attached hydrogens (tertiary/aromatic N) is 1. The Morgan fingerprint density at radius 3 is 2.37 bits per heavy atom. The van der Waals surface area contributed by atoms with Gasteiger partial charge in [0.1, 0.15) is 12.2 Å². The minimum Gasteiger partial charge on any atom is -0.490 e. The van der Waals surface area contributed by atoms with Crippen LogP contribution in [0.2, 0.25) is 0 Å². The van der Waals surface area contributed by atoms with Crippen molar-refractivity contribution in [3.05, 3.63) is 87.5 Å². The Morgan fingerprint density at radius 1 is 0.927 bits per heavy atom.